The van der Waals surface area contributed by atoms with Crippen LogP contribution in [0.15, 0.2) is 12.7 Å². The summed E-state index contributed by atoms with van der Waals surface area (Å²) in [7, 11) is -1.25. The molecule has 1 saturated heterocycles. The first-order valence-electron chi connectivity index (χ1n) is 2.62. The van der Waals surface area contributed by atoms with E-state index in [1.165, 1.54) is 0 Å². The molecule has 1 rings (SSSR count). The summed E-state index contributed by atoms with van der Waals surface area (Å²) in [6.45, 7) is 7.81. The monoisotopic (exact) mass is 130 g/mol. The molecular formula is C5H10O2Si. The number of rotatable bonds is 2. The fourth-order valence-corrected chi connectivity index (χ4v) is 1.28. The molecule has 0 atom stereocenters. The van der Waals surface area contributed by atoms with Gasteiger partial charge in [-0.2, -0.15) is 0 Å². The van der Waals surface area contributed by atoms with E-state index in [9.17, 15) is 0 Å². The first kappa shape index (κ1) is 6.00. The molecule has 0 bridgehead atoms. The van der Waals surface area contributed by atoms with E-state index >= 15 is 0 Å². The normalized spacial score (nSPS) is 20.8. The van der Waals surface area contributed by atoms with Crippen molar-refractivity contribution in [3.8, 4) is 0 Å². The second-order valence-electron chi connectivity index (χ2n) is 2.55. The Morgan fingerprint density at radius 1 is 1.50 bits per heavy atom. The molecule has 3 heteroatoms. The lowest BCUT2D eigenvalue weighted by Crippen LogP contribution is -2.10. The molecule has 0 aromatic rings. The van der Waals surface area contributed by atoms with Crippen molar-refractivity contribution in [2.75, 3.05) is 0 Å². The summed E-state index contributed by atoms with van der Waals surface area (Å²) in [5.74, 6) is 0. The van der Waals surface area contributed by atoms with Crippen molar-refractivity contribution in [3.05, 3.63) is 12.7 Å². The third kappa shape index (κ3) is 0.991. The molecule has 8 heavy (non-hydrogen) atoms. The van der Waals surface area contributed by atoms with E-state index in [0.29, 0.717) is 0 Å². The van der Waals surface area contributed by atoms with E-state index in [0.717, 1.165) is 0 Å². The van der Waals surface area contributed by atoms with Crippen molar-refractivity contribution in [3.63, 3.8) is 0 Å². The van der Waals surface area contributed by atoms with Gasteiger partial charge in [0.05, 0.1) is 0 Å². The minimum absolute atomic E-state index is 0.111. The van der Waals surface area contributed by atoms with Crippen LogP contribution in [0.5, 0.6) is 0 Å². The van der Waals surface area contributed by atoms with Crippen LogP contribution >= 0.6 is 0 Å². The molecule has 0 spiro atoms. The van der Waals surface area contributed by atoms with Gasteiger partial charge in [-0.15, -0.1) is 6.58 Å². The average molecular weight is 130 g/mol. The molecule has 2 nitrogen and oxygen atoms in total. The van der Waals surface area contributed by atoms with Gasteiger partial charge in [0.2, 0.25) is 0 Å². The zero-order chi connectivity index (χ0) is 6.20. The Labute approximate surface area is 50.9 Å². The van der Waals surface area contributed by atoms with Gasteiger partial charge < -0.3 is 0 Å². The second-order valence-corrected chi connectivity index (χ2v) is 5.09. The Kier molecular flexibility index (Phi) is 1.26. The molecule has 0 amide bonds. The van der Waals surface area contributed by atoms with Crippen molar-refractivity contribution >= 4 is 9.28 Å². The van der Waals surface area contributed by atoms with Crippen LogP contribution in [0.1, 0.15) is 13.8 Å². The summed E-state index contributed by atoms with van der Waals surface area (Å²) in [5.41, 5.74) is 0. The lowest BCUT2D eigenvalue weighted by molar-refractivity contribution is 0.0850. The SMILES string of the molecule is C=CC(C)(C)[SiH]1OO1. The van der Waals surface area contributed by atoms with Gasteiger partial charge in [0.1, 0.15) is 0 Å². The van der Waals surface area contributed by atoms with Gasteiger partial charge in [0, 0.05) is 5.04 Å². The fourth-order valence-electron chi connectivity index (χ4n) is 0.372. The van der Waals surface area contributed by atoms with Gasteiger partial charge in [0.15, 0.2) is 0 Å². The molecule has 0 unspecified atom stereocenters. The lowest BCUT2D eigenvalue weighted by Gasteiger charge is -2.09. The number of hydrogen-bond acceptors (Lipinski definition) is 2. The highest BCUT2D eigenvalue weighted by Crippen LogP contribution is 2.37. The Morgan fingerprint density at radius 3 is 2.12 bits per heavy atom. The average Bonchev–Trinajstić information content (AvgIpc) is 2.44. The molecule has 1 aliphatic rings. The van der Waals surface area contributed by atoms with Crippen LogP contribution < -0.4 is 0 Å². The smallest absolute Gasteiger partial charge is 0.260 e. The topological polar surface area (TPSA) is 25.1 Å². The number of hydrogen-bond donors (Lipinski definition) is 0. The summed E-state index contributed by atoms with van der Waals surface area (Å²) in [6.07, 6.45) is 1.89. The van der Waals surface area contributed by atoms with E-state index in [-0.39, 0.29) is 5.04 Å². The van der Waals surface area contributed by atoms with E-state index < -0.39 is 9.28 Å². The molecule has 0 aromatic heterocycles. The summed E-state index contributed by atoms with van der Waals surface area (Å²) >= 11 is 0. The highest BCUT2D eigenvalue weighted by atomic mass is 28.3. The summed E-state index contributed by atoms with van der Waals surface area (Å²) in [4.78, 5) is 0. The maximum atomic E-state index is 4.73. The molecule has 1 aliphatic heterocycles. The van der Waals surface area contributed by atoms with Gasteiger partial charge in [-0.05, 0) is 0 Å². The standard InChI is InChI=1S/C5H10O2Si/c1-4-5(2,3)8-6-7-8/h4,8H,1H2,2-3H3. The summed E-state index contributed by atoms with van der Waals surface area (Å²) < 4.78 is 9.46. The highest BCUT2D eigenvalue weighted by molar-refractivity contribution is 6.54. The van der Waals surface area contributed by atoms with E-state index in [1.807, 2.05) is 6.08 Å². The maximum absolute atomic E-state index is 4.73. The van der Waals surface area contributed by atoms with Crippen LogP contribution in [0.2, 0.25) is 5.04 Å². The maximum Gasteiger partial charge on any atom is 0.402 e. The van der Waals surface area contributed by atoms with Crippen molar-refractivity contribution in [1.82, 2.24) is 0 Å². The van der Waals surface area contributed by atoms with Crippen LogP contribution in [0, 0.1) is 0 Å². The predicted molar refractivity (Wildman–Crippen MR) is 33.6 cm³/mol. The quantitative estimate of drug-likeness (QED) is 0.242. The zero-order valence-electron chi connectivity index (χ0n) is 5.18. The Hall–Kier alpha value is -0.123. The van der Waals surface area contributed by atoms with Crippen molar-refractivity contribution < 1.29 is 9.15 Å². The molecule has 0 saturated carbocycles. The molecular weight excluding hydrogens is 120 g/mol. The molecule has 1 fully saturated rings. The van der Waals surface area contributed by atoms with Gasteiger partial charge >= 0.3 is 9.28 Å². The van der Waals surface area contributed by atoms with Crippen LogP contribution in [-0.2, 0) is 9.15 Å². The minimum Gasteiger partial charge on any atom is -0.260 e. The van der Waals surface area contributed by atoms with Crippen molar-refractivity contribution in [2.24, 2.45) is 0 Å². The van der Waals surface area contributed by atoms with Crippen LogP contribution in [-0.4, -0.2) is 9.28 Å². The molecule has 46 valence electrons. The largest absolute Gasteiger partial charge is 0.402 e. The Bertz CT molecular complexity index is 107. The lowest BCUT2D eigenvalue weighted by atomic mass is 10.2. The summed E-state index contributed by atoms with van der Waals surface area (Å²) in [5, 5.41) is 0.111. The Balaban J connectivity index is 2.49. The highest BCUT2D eigenvalue weighted by Gasteiger charge is 2.44. The van der Waals surface area contributed by atoms with Crippen LogP contribution in [0.4, 0.5) is 0 Å². The van der Waals surface area contributed by atoms with Gasteiger partial charge in [0.25, 0.3) is 0 Å². The minimum atomic E-state index is -1.25. The third-order valence-corrected chi connectivity index (χ3v) is 3.16. The van der Waals surface area contributed by atoms with Crippen LogP contribution in [0.3, 0.4) is 0 Å². The van der Waals surface area contributed by atoms with E-state index in [1.54, 1.807) is 0 Å². The molecule has 0 radical (unpaired) electrons. The van der Waals surface area contributed by atoms with E-state index in [2.05, 4.69) is 20.4 Å². The van der Waals surface area contributed by atoms with Gasteiger partial charge in [-0.25, -0.2) is 0 Å². The molecule has 0 aliphatic carbocycles. The predicted octanol–water partition coefficient (Wildman–Crippen LogP) is 1.13. The van der Waals surface area contributed by atoms with Crippen LogP contribution in [0.25, 0.3) is 0 Å². The fraction of sp³-hybridized carbons (Fsp3) is 0.600. The van der Waals surface area contributed by atoms with Crippen molar-refractivity contribution in [2.45, 2.75) is 18.9 Å². The van der Waals surface area contributed by atoms with Gasteiger partial charge in [-0.3, -0.25) is 9.15 Å². The first-order chi connectivity index (χ1) is 3.67. The number of allylic oxidation sites excluding steroid dienone is 1. The molecule has 0 N–H and O–H groups in total. The van der Waals surface area contributed by atoms with Crippen molar-refractivity contribution in [1.29, 1.82) is 0 Å². The third-order valence-electron chi connectivity index (χ3n) is 1.33. The zero-order valence-corrected chi connectivity index (χ0v) is 6.33. The summed E-state index contributed by atoms with van der Waals surface area (Å²) in [6, 6.07) is 0. The Morgan fingerprint density at radius 2 is 2.00 bits per heavy atom. The molecule has 1 heterocycles. The van der Waals surface area contributed by atoms with Gasteiger partial charge in [-0.1, -0.05) is 19.9 Å². The second kappa shape index (κ2) is 1.68. The first-order valence-corrected chi connectivity index (χ1v) is 4.14. The van der Waals surface area contributed by atoms with E-state index in [4.69, 9.17) is 9.15 Å². The molecule has 0 aromatic carbocycles.